The molecule has 2 aromatic carbocycles. The van der Waals surface area contributed by atoms with Crippen molar-refractivity contribution in [3.8, 4) is 11.3 Å². The minimum atomic E-state index is -0.000777. The molecule has 160 valence electrons. The van der Waals surface area contributed by atoms with Crippen LogP contribution in [0.2, 0.25) is 0 Å². The number of carbonyl (C=O) groups excluding carboxylic acids is 1. The zero-order chi connectivity index (χ0) is 21.4. The molecule has 31 heavy (non-hydrogen) atoms. The molecule has 1 aliphatic carbocycles. The Morgan fingerprint density at radius 1 is 1.06 bits per heavy atom. The molecule has 1 aliphatic heterocycles. The standard InChI is InChI=1S/C26H29N3O2/c1-18-24(25(27-31-18)19-9-4-3-5-10-19)26(30)28(2)22-13-8-14-29(17-22)23-15-20-11-6-7-12-21(20)16-23/h3-7,9-12,22-23H,8,13-17H2,1-2H3/t22-/m0/s1. The molecule has 1 aromatic heterocycles. The van der Waals surface area contributed by atoms with Gasteiger partial charge in [0.15, 0.2) is 0 Å². The Morgan fingerprint density at radius 2 is 1.74 bits per heavy atom. The maximum absolute atomic E-state index is 13.5. The smallest absolute Gasteiger partial charge is 0.259 e. The van der Waals surface area contributed by atoms with Gasteiger partial charge in [-0.3, -0.25) is 9.69 Å². The molecule has 1 atom stereocenters. The number of likely N-dealkylation sites (tertiary alicyclic amines) is 1. The highest BCUT2D eigenvalue weighted by molar-refractivity contribution is 6.00. The summed E-state index contributed by atoms with van der Waals surface area (Å²) in [6.07, 6.45) is 4.37. The van der Waals surface area contributed by atoms with Crippen LogP contribution in [-0.4, -0.2) is 53.1 Å². The molecule has 0 spiro atoms. The van der Waals surface area contributed by atoms with E-state index in [0.717, 1.165) is 44.3 Å². The third-order valence-electron chi connectivity index (χ3n) is 6.97. The van der Waals surface area contributed by atoms with Gasteiger partial charge < -0.3 is 9.42 Å². The van der Waals surface area contributed by atoms with Gasteiger partial charge in [0, 0.05) is 31.2 Å². The van der Waals surface area contributed by atoms with Gasteiger partial charge in [0.05, 0.1) is 0 Å². The molecule has 5 heteroatoms. The van der Waals surface area contributed by atoms with Crippen molar-refractivity contribution in [2.45, 2.75) is 44.7 Å². The van der Waals surface area contributed by atoms with E-state index in [1.807, 2.05) is 49.2 Å². The second kappa shape index (κ2) is 8.31. The summed E-state index contributed by atoms with van der Waals surface area (Å²) in [6, 6.07) is 19.3. The van der Waals surface area contributed by atoms with Gasteiger partial charge in [-0.15, -0.1) is 0 Å². The molecule has 0 radical (unpaired) electrons. The molecule has 3 aromatic rings. The highest BCUT2D eigenvalue weighted by Crippen LogP contribution is 2.30. The Bertz CT molecular complexity index is 1050. The van der Waals surface area contributed by atoms with E-state index in [1.165, 1.54) is 11.1 Å². The molecule has 1 amide bonds. The number of hydrogen-bond acceptors (Lipinski definition) is 4. The lowest BCUT2D eigenvalue weighted by molar-refractivity contribution is 0.0554. The van der Waals surface area contributed by atoms with Crippen LogP contribution < -0.4 is 0 Å². The number of nitrogens with zero attached hydrogens (tertiary/aromatic N) is 3. The summed E-state index contributed by atoms with van der Waals surface area (Å²) in [5.41, 5.74) is 5.08. The lowest BCUT2D eigenvalue weighted by Crippen LogP contribution is -2.51. The minimum Gasteiger partial charge on any atom is -0.360 e. The van der Waals surface area contributed by atoms with E-state index < -0.39 is 0 Å². The first-order valence-electron chi connectivity index (χ1n) is 11.2. The summed E-state index contributed by atoms with van der Waals surface area (Å²) in [5, 5.41) is 4.20. The van der Waals surface area contributed by atoms with Crippen LogP contribution in [0.5, 0.6) is 0 Å². The summed E-state index contributed by atoms with van der Waals surface area (Å²) in [7, 11) is 1.93. The van der Waals surface area contributed by atoms with E-state index in [0.29, 0.717) is 23.1 Å². The van der Waals surface area contributed by atoms with Crippen LogP contribution in [0.15, 0.2) is 59.1 Å². The summed E-state index contributed by atoms with van der Waals surface area (Å²) >= 11 is 0. The normalized spacial score (nSPS) is 19.4. The number of piperidine rings is 1. The highest BCUT2D eigenvalue weighted by Gasteiger charge is 2.34. The number of hydrogen-bond donors (Lipinski definition) is 0. The lowest BCUT2D eigenvalue weighted by Gasteiger charge is -2.40. The number of benzene rings is 2. The van der Waals surface area contributed by atoms with Crippen LogP contribution in [0.3, 0.4) is 0 Å². The topological polar surface area (TPSA) is 49.6 Å². The molecule has 2 heterocycles. The first-order chi connectivity index (χ1) is 15.1. The Kier molecular flexibility index (Phi) is 5.36. The van der Waals surface area contributed by atoms with E-state index >= 15 is 0 Å². The van der Waals surface area contributed by atoms with E-state index in [-0.39, 0.29) is 11.9 Å². The van der Waals surface area contributed by atoms with Crippen molar-refractivity contribution in [3.63, 3.8) is 0 Å². The fraction of sp³-hybridized carbons (Fsp3) is 0.385. The Morgan fingerprint density at radius 3 is 2.45 bits per heavy atom. The second-order valence-electron chi connectivity index (χ2n) is 8.87. The van der Waals surface area contributed by atoms with E-state index in [2.05, 4.69) is 34.3 Å². The molecule has 5 nitrogen and oxygen atoms in total. The molecule has 2 aliphatic rings. The predicted octanol–water partition coefficient (Wildman–Crippen LogP) is 4.35. The van der Waals surface area contributed by atoms with Crippen molar-refractivity contribution < 1.29 is 9.32 Å². The molecular formula is C26H29N3O2. The quantitative estimate of drug-likeness (QED) is 0.636. The predicted molar refractivity (Wildman–Crippen MR) is 121 cm³/mol. The first kappa shape index (κ1) is 20.0. The molecule has 0 bridgehead atoms. The largest absolute Gasteiger partial charge is 0.360 e. The highest BCUT2D eigenvalue weighted by atomic mass is 16.5. The Hall–Kier alpha value is -2.92. The minimum absolute atomic E-state index is 0.000777. The Balaban J connectivity index is 1.32. The summed E-state index contributed by atoms with van der Waals surface area (Å²) in [4.78, 5) is 18.0. The average Bonchev–Trinajstić information content (AvgIpc) is 3.42. The monoisotopic (exact) mass is 415 g/mol. The van der Waals surface area contributed by atoms with Gasteiger partial charge in [0.2, 0.25) is 0 Å². The maximum atomic E-state index is 13.5. The molecular weight excluding hydrogens is 386 g/mol. The van der Waals surface area contributed by atoms with Crippen molar-refractivity contribution in [1.29, 1.82) is 0 Å². The van der Waals surface area contributed by atoms with E-state index in [9.17, 15) is 4.79 Å². The molecule has 1 saturated heterocycles. The van der Waals surface area contributed by atoms with Crippen molar-refractivity contribution in [1.82, 2.24) is 15.0 Å². The number of amides is 1. The van der Waals surface area contributed by atoms with E-state index in [1.54, 1.807) is 0 Å². The van der Waals surface area contributed by atoms with Crippen LogP contribution in [0.4, 0.5) is 0 Å². The van der Waals surface area contributed by atoms with Crippen molar-refractivity contribution in [3.05, 3.63) is 77.0 Å². The van der Waals surface area contributed by atoms with Crippen LogP contribution >= 0.6 is 0 Å². The van der Waals surface area contributed by atoms with Gasteiger partial charge in [-0.2, -0.15) is 0 Å². The zero-order valence-corrected chi connectivity index (χ0v) is 18.3. The van der Waals surface area contributed by atoms with Crippen molar-refractivity contribution in [2.24, 2.45) is 0 Å². The number of likely N-dealkylation sites (N-methyl/N-ethyl adjacent to an activating group) is 1. The summed E-state index contributed by atoms with van der Waals surface area (Å²) in [6.45, 7) is 3.86. The van der Waals surface area contributed by atoms with Gasteiger partial charge in [0.1, 0.15) is 17.0 Å². The van der Waals surface area contributed by atoms with Crippen LogP contribution in [-0.2, 0) is 12.8 Å². The molecule has 1 fully saturated rings. The first-order valence-corrected chi connectivity index (χ1v) is 11.2. The van der Waals surface area contributed by atoms with Gasteiger partial charge in [-0.05, 0) is 50.3 Å². The summed E-state index contributed by atoms with van der Waals surface area (Å²) in [5.74, 6) is 0.578. The average molecular weight is 416 g/mol. The summed E-state index contributed by atoms with van der Waals surface area (Å²) < 4.78 is 5.44. The van der Waals surface area contributed by atoms with Crippen molar-refractivity contribution in [2.75, 3.05) is 20.1 Å². The number of fused-ring (bicyclic) bond motifs is 1. The molecule has 0 saturated carbocycles. The van der Waals surface area contributed by atoms with Crippen LogP contribution in [0.25, 0.3) is 11.3 Å². The van der Waals surface area contributed by atoms with Crippen LogP contribution in [0, 0.1) is 6.92 Å². The third kappa shape index (κ3) is 3.79. The SMILES string of the molecule is Cc1onc(-c2ccccc2)c1C(=O)N(C)[C@H]1CCCN(C2Cc3ccccc3C2)C1. The van der Waals surface area contributed by atoms with Crippen LogP contribution in [0.1, 0.15) is 40.1 Å². The molecule has 5 rings (SSSR count). The zero-order valence-electron chi connectivity index (χ0n) is 18.3. The molecule has 0 unspecified atom stereocenters. The number of aryl methyl sites for hydroxylation is 1. The lowest BCUT2D eigenvalue weighted by atomic mass is 9.99. The Labute approximate surface area is 183 Å². The van der Waals surface area contributed by atoms with Gasteiger partial charge >= 0.3 is 0 Å². The van der Waals surface area contributed by atoms with Crippen molar-refractivity contribution >= 4 is 5.91 Å². The van der Waals surface area contributed by atoms with E-state index in [4.69, 9.17) is 4.52 Å². The second-order valence-corrected chi connectivity index (χ2v) is 8.87. The number of rotatable bonds is 4. The maximum Gasteiger partial charge on any atom is 0.259 e. The third-order valence-corrected chi connectivity index (χ3v) is 6.97. The van der Waals surface area contributed by atoms with Gasteiger partial charge in [-0.25, -0.2) is 0 Å². The number of aromatic nitrogens is 1. The molecule has 0 N–H and O–H groups in total. The number of carbonyl (C=O) groups is 1. The van der Waals surface area contributed by atoms with Gasteiger partial charge in [-0.1, -0.05) is 59.8 Å². The van der Waals surface area contributed by atoms with Gasteiger partial charge in [0.25, 0.3) is 5.91 Å². The fourth-order valence-electron chi connectivity index (χ4n) is 5.18. The fourth-order valence-corrected chi connectivity index (χ4v) is 5.18.